The molecule has 0 radical (unpaired) electrons. The maximum atomic E-state index is 11.3. The Balaban J connectivity index is 4.71. The Morgan fingerprint density at radius 3 is 2.19 bits per heavy atom. The van der Waals surface area contributed by atoms with E-state index in [4.69, 9.17) is 19.8 Å². The molecule has 0 aliphatic heterocycles. The third kappa shape index (κ3) is 8.71. The van der Waals surface area contributed by atoms with Gasteiger partial charge in [-0.1, -0.05) is 0 Å². The topological polar surface area (TPSA) is 197 Å². The van der Waals surface area contributed by atoms with Crippen molar-refractivity contribution in [2.45, 2.75) is 12.2 Å². The monoisotopic (exact) mass is 350 g/mol. The van der Waals surface area contributed by atoms with Crippen molar-refractivity contribution in [1.82, 2.24) is 0 Å². The number of carboxylic acids is 1. The van der Waals surface area contributed by atoms with Crippen molar-refractivity contribution in [1.29, 1.82) is 0 Å². The lowest BCUT2D eigenvalue weighted by molar-refractivity contribution is -0.135. The van der Waals surface area contributed by atoms with Crippen LogP contribution in [0, 0.1) is 0 Å². The molecule has 1 unspecified atom stereocenters. The van der Waals surface area contributed by atoms with Crippen LogP contribution in [0.2, 0.25) is 0 Å². The zero-order valence-electron chi connectivity index (χ0n) is 10.1. The molecule has 0 aliphatic rings. The molecule has 21 heavy (non-hydrogen) atoms. The predicted octanol–water partition coefficient (Wildman–Crippen LogP) is -1.24. The Labute approximate surface area is 117 Å². The van der Waals surface area contributed by atoms with Crippen LogP contribution < -0.4 is 0 Å². The number of carboxylic acid groups (broad SMARTS) is 1. The SMILES string of the molecule is C=C(OP(=O)(O)O[C@@H](C=O)[C@H](O)COP(=O)(O)O)C(=O)O. The number of hydrogen-bond acceptors (Lipinski definition) is 8. The lowest BCUT2D eigenvalue weighted by Crippen LogP contribution is -2.33. The fourth-order valence-corrected chi connectivity index (χ4v) is 2.05. The van der Waals surface area contributed by atoms with Crippen LogP contribution in [0.25, 0.3) is 0 Å². The Morgan fingerprint density at radius 2 is 1.81 bits per heavy atom. The molecule has 0 saturated heterocycles. The second-order valence-electron chi connectivity index (χ2n) is 3.35. The van der Waals surface area contributed by atoms with Gasteiger partial charge in [0.05, 0.1) is 6.61 Å². The molecule has 0 aliphatic carbocycles. The largest absolute Gasteiger partial charge is 0.528 e. The van der Waals surface area contributed by atoms with Crippen LogP contribution in [0.4, 0.5) is 0 Å². The van der Waals surface area contributed by atoms with Crippen LogP contribution in [0.1, 0.15) is 0 Å². The van der Waals surface area contributed by atoms with Gasteiger partial charge in [-0.3, -0.25) is 13.9 Å². The van der Waals surface area contributed by atoms with Crippen LogP contribution in [-0.4, -0.2) is 56.0 Å². The summed E-state index contributed by atoms with van der Waals surface area (Å²) in [5.41, 5.74) is 0. The molecule has 3 atom stereocenters. The smallest absolute Gasteiger partial charge is 0.475 e. The molecule has 0 heterocycles. The van der Waals surface area contributed by atoms with E-state index in [1.807, 2.05) is 0 Å². The summed E-state index contributed by atoms with van der Waals surface area (Å²) < 4.78 is 33.7. The van der Waals surface area contributed by atoms with Gasteiger partial charge in [0.2, 0.25) is 5.76 Å². The van der Waals surface area contributed by atoms with E-state index < -0.39 is 46.2 Å². The standard InChI is InChI=1S/C7H12O12P2/c1-4(7(10)11)18-21(15,16)19-6(2-8)5(9)3-17-20(12,13)14/h2,5-6,9H,1,3H2,(H,10,11)(H,15,16)(H2,12,13,14)/t5-,6+/m1/s1. The van der Waals surface area contributed by atoms with Crippen LogP contribution in [-0.2, 0) is 32.3 Å². The third-order valence-electron chi connectivity index (χ3n) is 1.65. The number of aliphatic hydroxyl groups is 1. The van der Waals surface area contributed by atoms with Crippen molar-refractivity contribution in [2.24, 2.45) is 0 Å². The van der Waals surface area contributed by atoms with Gasteiger partial charge >= 0.3 is 21.6 Å². The summed E-state index contributed by atoms with van der Waals surface area (Å²) >= 11 is 0. The van der Waals surface area contributed by atoms with Gasteiger partial charge in [0.25, 0.3) is 0 Å². The van der Waals surface area contributed by atoms with E-state index in [-0.39, 0.29) is 6.29 Å². The minimum Gasteiger partial charge on any atom is -0.475 e. The molecule has 14 heteroatoms. The highest BCUT2D eigenvalue weighted by Gasteiger charge is 2.34. The molecule has 0 spiro atoms. The summed E-state index contributed by atoms with van der Waals surface area (Å²) in [6.45, 7) is 1.67. The average molecular weight is 350 g/mol. The van der Waals surface area contributed by atoms with E-state index in [1.54, 1.807) is 0 Å². The van der Waals surface area contributed by atoms with Crippen LogP contribution in [0.5, 0.6) is 0 Å². The number of phosphoric acid groups is 2. The molecular weight excluding hydrogens is 338 g/mol. The Kier molecular flexibility index (Phi) is 7.37. The highest BCUT2D eigenvalue weighted by Crippen LogP contribution is 2.47. The van der Waals surface area contributed by atoms with Crippen LogP contribution in [0.3, 0.4) is 0 Å². The molecular formula is C7H12O12P2. The fraction of sp³-hybridized carbons (Fsp3) is 0.429. The molecule has 0 aromatic carbocycles. The van der Waals surface area contributed by atoms with Gasteiger partial charge in [-0.2, -0.15) is 0 Å². The summed E-state index contributed by atoms with van der Waals surface area (Å²) in [7, 11) is -10.1. The number of phosphoric ester groups is 2. The molecule has 5 N–H and O–H groups in total. The maximum absolute atomic E-state index is 11.3. The fourth-order valence-electron chi connectivity index (χ4n) is 0.808. The lowest BCUT2D eigenvalue weighted by Gasteiger charge is -2.20. The first-order chi connectivity index (χ1) is 9.38. The van der Waals surface area contributed by atoms with E-state index in [1.165, 1.54) is 0 Å². The maximum Gasteiger partial charge on any atom is 0.528 e. The summed E-state index contributed by atoms with van der Waals surface area (Å²) in [4.78, 5) is 46.8. The minimum atomic E-state index is -5.11. The van der Waals surface area contributed by atoms with E-state index in [0.717, 1.165) is 0 Å². The minimum absolute atomic E-state index is 0.177. The number of aldehydes is 1. The van der Waals surface area contributed by atoms with Gasteiger partial charge in [-0.25, -0.2) is 13.9 Å². The van der Waals surface area contributed by atoms with Crippen molar-refractivity contribution in [3.8, 4) is 0 Å². The van der Waals surface area contributed by atoms with Crippen molar-refractivity contribution in [3.63, 3.8) is 0 Å². The average Bonchev–Trinajstić information content (AvgIpc) is 2.31. The summed E-state index contributed by atoms with van der Waals surface area (Å²) in [5.74, 6) is -2.94. The molecule has 0 aromatic heterocycles. The second kappa shape index (κ2) is 7.78. The Morgan fingerprint density at radius 1 is 1.29 bits per heavy atom. The number of carbonyl (C=O) groups is 2. The normalized spacial score (nSPS) is 17.3. The number of rotatable bonds is 10. The van der Waals surface area contributed by atoms with Crippen molar-refractivity contribution in [2.75, 3.05) is 6.61 Å². The summed E-state index contributed by atoms with van der Waals surface area (Å²) in [5, 5.41) is 17.7. The van der Waals surface area contributed by atoms with Crippen molar-refractivity contribution in [3.05, 3.63) is 12.3 Å². The molecule has 122 valence electrons. The van der Waals surface area contributed by atoms with Gasteiger partial charge in [-0.15, -0.1) is 0 Å². The van der Waals surface area contributed by atoms with E-state index in [9.17, 15) is 23.8 Å². The molecule has 0 bridgehead atoms. The first-order valence-electron chi connectivity index (χ1n) is 4.84. The second-order valence-corrected chi connectivity index (χ2v) is 5.92. The Hall–Kier alpha value is -1.10. The van der Waals surface area contributed by atoms with E-state index in [2.05, 4.69) is 20.2 Å². The number of aliphatic carboxylic acids is 1. The van der Waals surface area contributed by atoms with Crippen LogP contribution >= 0.6 is 15.6 Å². The van der Waals surface area contributed by atoms with E-state index in [0.29, 0.717) is 0 Å². The van der Waals surface area contributed by atoms with Gasteiger partial charge in [0, 0.05) is 0 Å². The highest BCUT2D eigenvalue weighted by atomic mass is 31.2. The quantitative estimate of drug-likeness (QED) is 0.136. The lowest BCUT2D eigenvalue weighted by atomic mass is 10.2. The third-order valence-corrected chi connectivity index (χ3v) is 3.09. The van der Waals surface area contributed by atoms with Gasteiger partial charge < -0.3 is 29.3 Å². The Bertz CT molecular complexity index is 494. The first-order valence-corrected chi connectivity index (χ1v) is 7.87. The van der Waals surface area contributed by atoms with Gasteiger partial charge in [0.1, 0.15) is 6.10 Å². The van der Waals surface area contributed by atoms with Crippen molar-refractivity contribution < 1.29 is 57.2 Å². The highest BCUT2D eigenvalue weighted by molar-refractivity contribution is 7.47. The zero-order chi connectivity index (χ0) is 16.8. The van der Waals surface area contributed by atoms with Crippen LogP contribution in [0.15, 0.2) is 12.3 Å². The predicted molar refractivity (Wildman–Crippen MR) is 62.6 cm³/mol. The zero-order valence-corrected chi connectivity index (χ0v) is 11.9. The van der Waals surface area contributed by atoms with Gasteiger partial charge in [0.15, 0.2) is 12.4 Å². The number of aliphatic hydroxyl groups excluding tert-OH is 1. The number of hydrogen-bond donors (Lipinski definition) is 5. The molecule has 0 rings (SSSR count). The molecule has 0 saturated carbocycles. The first kappa shape index (κ1) is 19.9. The number of carbonyl (C=O) groups excluding carboxylic acids is 1. The van der Waals surface area contributed by atoms with Gasteiger partial charge in [-0.05, 0) is 6.58 Å². The van der Waals surface area contributed by atoms with E-state index >= 15 is 0 Å². The summed E-state index contributed by atoms with van der Waals surface area (Å²) in [6, 6.07) is 0. The molecule has 0 amide bonds. The van der Waals surface area contributed by atoms with Crippen molar-refractivity contribution >= 4 is 27.9 Å². The molecule has 12 nitrogen and oxygen atoms in total. The summed E-state index contributed by atoms with van der Waals surface area (Å²) in [6.07, 6.45) is -4.28. The molecule has 0 aromatic rings. The molecule has 0 fully saturated rings.